The van der Waals surface area contributed by atoms with Crippen LogP contribution in [0.25, 0.3) is 11.4 Å². The summed E-state index contributed by atoms with van der Waals surface area (Å²) in [5, 5.41) is 1.16. The molecule has 0 N–H and O–H groups in total. The molecule has 2 aromatic carbocycles. The van der Waals surface area contributed by atoms with E-state index in [1.54, 1.807) is 24.3 Å². The van der Waals surface area contributed by atoms with Crippen LogP contribution in [0.15, 0.2) is 121 Å². The lowest BCUT2D eigenvalue weighted by Crippen LogP contribution is -2.51. The Kier molecular flexibility index (Phi) is 8.65. The molecule has 4 heterocycles. The number of carbonyl (C=O) groups is 2. The van der Waals surface area contributed by atoms with E-state index in [0.717, 1.165) is 24.0 Å². The predicted octanol–water partition coefficient (Wildman–Crippen LogP) is 7.37. The van der Waals surface area contributed by atoms with Gasteiger partial charge < -0.3 is 0 Å². The highest BCUT2D eigenvalue weighted by molar-refractivity contribution is 6.32. The Morgan fingerprint density at radius 1 is 0.568 bits per heavy atom. The van der Waals surface area contributed by atoms with E-state index in [9.17, 15) is 9.59 Å². The highest BCUT2D eigenvalue weighted by atomic mass is 35.5. The summed E-state index contributed by atoms with van der Waals surface area (Å²) in [6, 6.07) is 26.5. The Labute approximate surface area is 268 Å². The molecule has 2 aliphatic heterocycles. The molecule has 0 spiro atoms. The third-order valence-corrected chi connectivity index (χ3v) is 8.67. The van der Waals surface area contributed by atoms with E-state index < -0.39 is 0 Å². The highest BCUT2D eigenvalue weighted by Crippen LogP contribution is 2.50. The van der Waals surface area contributed by atoms with Gasteiger partial charge in [0, 0.05) is 47.2 Å². The molecular formula is C36H34Cl2N4O2+2. The summed E-state index contributed by atoms with van der Waals surface area (Å²) < 4.78 is 4.09. The van der Waals surface area contributed by atoms with E-state index in [-0.39, 0.29) is 24.1 Å². The van der Waals surface area contributed by atoms with Crippen LogP contribution in [0.4, 0.5) is 0 Å². The summed E-state index contributed by atoms with van der Waals surface area (Å²) in [5.41, 5.74) is 3.55. The number of rotatable bonds is 10. The third-order valence-electron chi connectivity index (χ3n) is 8.16. The van der Waals surface area contributed by atoms with E-state index in [1.165, 1.54) is 0 Å². The second-order valence-corrected chi connectivity index (χ2v) is 11.9. The Morgan fingerprint density at radius 2 is 0.909 bits per heavy atom. The zero-order valence-corrected chi connectivity index (χ0v) is 26.2. The molecule has 2 amide bonds. The number of aromatic nitrogens is 2. The van der Waals surface area contributed by atoms with Crippen LogP contribution in [0.2, 0.25) is 10.0 Å². The van der Waals surface area contributed by atoms with Crippen LogP contribution in [0.1, 0.15) is 63.0 Å². The van der Waals surface area contributed by atoms with Crippen molar-refractivity contribution in [1.82, 2.24) is 9.80 Å². The SMILES string of the molecule is CCCC(N1C(=O)C2=C(c3ccc(Cl)cc3)N(C(CCC)[n+]3ccccc3)C(=O)C2=C1c1ccc(Cl)cc1)[n+]1ccccc1. The molecule has 2 aliphatic rings. The average molecular weight is 626 g/mol. The average Bonchev–Trinajstić information content (AvgIpc) is 3.51. The number of fused-ring (bicyclic) bond motifs is 1. The summed E-state index contributed by atoms with van der Waals surface area (Å²) in [5.74, 6) is -0.400. The van der Waals surface area contributed by atoms with Gasteiger partial charge in [-0.1, -0.05) is 73.4 Å². The second-order valence-electron chi connectivity index (χ2n) is 11.0. The van der Waals surface area contributed by atoms with Gasteiger partial charge in [0.1, 0.15) is 0 Å². The van der Waals surface area contributed by atoms with Crippen molar-refractivity contribution >= 4 is 46.4 Å². The van der Waals surface area contributed by atoms with E-state index >= 15 is 0 Å². The van der Waals surface area contributed by atoms with Crippen molar-refractivity contribution in [2.75, 3.05) is 0 Å². The molecule has 4 aromatic rings. The summed E-state index contributed by atoms with van der Waals surface area (Å²) in [6.07, 6.45) is 10.3. The molecule has 44 heavy (non-hydrogen) atoms. The van der Waals surface area contributed by atoms with E-state index in [2.05, 4.69) is 13.8 Å². The zero-order chi connectivity index (χ0) is 30.8. The Hall–Kier alpha value is -4.26. The van der Waals surface area contributed by atoms with Crippen LogP contribution in [-0.2, 0) is 9.59 Å². The molecule has 222 valence electrons. The molecule has 2 atom stereocenters. The number of amides is 2. The van der Waals surface area contributed by atoms with Gasteiger partial charge in [0.25, 0.3) is 11.8 Å². The first kappa shape index (κ1) is 29.8. The highest BCUT2D eigenvalue weighted by Gasteiger charge is 2.54. The number of pyridine rings is 2. The van der Waals surface area contributed by atoms with Gasteiger partial charge in [-0.2, -0.15) is 9.13 Å². The van der Waals surface area contributed by atoms with Crippen molar-refractivity contribution in [3.63, 3.8) is 0 Å². The van der Waals surface area contributed by atoms with Gasteiger partial charge in [0.05, 0.1) is 22.5 Å². The molecule has 0 saturated carbocycles. The topological polar surface area (TPSA) is 48.4 Å². The lowest BCUT2D eigenvalue weighted by atomic mass is 10.0. The third kappa shape index (κ3) is 5.33. The lowest BCUT2D eigenvalue weighted by molar-refractivity contribution is -0.738. The Balaban J connectivity index is 1.65. The quantitative estimate of drug-likeness (QED) is 0.173. The number of nitrogens with zero attached hydrogens (tertiary/aromatic N) is 4. The first-order chi connectivity index (χ1) is 21.4. The molecule has 0 bridgehead atoms. The number of benzene rings is 2. The van der Waals surface area contributed by atoms with Gasteiger partial charge in [0.2, 0.25) is 12.3 Å². The molecule has 2 unspecified atom stereocenters. The first-order valence-corrected chi connectivity index (χ1v) is 15.8. The van der Waals surface area contributed by atoms with Crippen LogP contribution in [0, 0.1) is 0 Å². The maximum Gasteiger partial charge on any atom is 0.266 e. The molecule has 0 saturated heterocycles. The van der Waals surface area contributed by atoms with Gasteiger partial charge in [-0.15, -0.1) is 0 Å². The number of hydrogen-bond donors (Lipinski definition) is 0. The largest absolute Gasteiger partial charge is 0.268 e. The van der Waals surface area contributed by atoms with E-state index in [4.69, 9.17) is 23.2 Å². The van der Waals surface area contributed by atoms with Crippen LogP contribution in [0.3, 0.4) is 0 Å². The fraction of sp³-hybridized carbons (Fsp3) is 0.222. The van der Waals surface area contributed by atoms with Crippen LogP contribution >= 0.6 is 23.2 Å². The molecule has 0 fully saturated rings. The fourth-order valence-electron chi connectivity index (χ4n) is 6.25. The minimum absolute atomic E-state index is 0.200. The number of carbonyl (C=O) groups excluding carboxylic acids is 2. The van der Waals surface area contributed by atoms with Crippen LogP contribution < -0.4 is 9.13 Å². The molecule has 8 heteroatoms. The van der Waals surface area contributed by atoms with Crippen LogP contribution in [-0.4, -0.2) is 21.6 Å². The van der Waals surface area contributed by atoms with Crippen molar-refractivity contribution in [2.24, 2.45) is 0 Å². The molecule has 6 rings (SSSR count). The summed E-state index contributed by atoms with van der Waals surface area (Å²) in [6.45, 7) is 4.20. The van der Waals surface area contributed by atoms with Crippen molar-refractivity contribution in [3.8, 4) is 0 Å². The molecule has 0 radical (unpaired) electrons. The molecule has 2 aromatic heterocycles. The summed E-state index contributed by atoms with van der Waals surface area (Å²) >= 11 is 12.6. The second kappa shape index (κ2) is 12.8. The van der Waals surface area contributed by atoms with Crippen LogP contribution in [0.5, 0.6) is 0 Å². The molecular weight excluding hydrogens is 591 g/mol. The lowest BCUT2D eigenvalue weighted by Gasteiger charge is -2.30. The molecule has 0 aliphatic carbocycles. The van der Waals surface area contributed by atoms with Crippen molar-refractivity contribution < 1.29 is 18.7 Å². The maximum absolute atomic E-state index is 15.0. The van der Waals surface area contributed by atoms with E-state index in [0.29, 0.717) is 45.4 Å². The standard InChI is InChI=1S/C36H34Cl2N4O2/c1-3-11-29(39-21-7-5-8-22-39)41-33(25-13-17-27(37)18-14-25)31-32(35(41)43)34(26-15-19-28(38)20-16-26)42(36(31)44)30(12-4-2)40-23-9-6-10-24-40/h5-10,13-24,29-30H,3-4,11-12H2,1-2H3/q+2. The normalized spacial score (nSPS) is 16.2. The minimum Gasteiger partial charge on any atom is -0.268 e. The summed E-state index contributed by atoms with van der Waals surface area (Å²) in [4.78, 5) is 33.5. The Morgan fingerprint density at radius 3 is 1.23 bits per heavy atom. The van der Waals surface area contributed by atoms with Crippen molar-refractivity contribution in [2.45, 2.75) is 51.9 Å². The summed E-state index contributed by atoms with van der Waals surface area (Å²) in [7, 11) is 0. The zero-order valence-electron chi connectivity index (χ0n) is 24.7. The van der Waals surface area contributed by atoms with Gasteiger partial charge in [-0.3, -0.25) is 9.59 Å². The van der Waals surface area contributed by atoms with Gasteiger partial charge >= 0.3 is 0 Å². The molecule has 6 nitrogen and oxygen atoms in total. The number of halogens is 2. The smallest absolute Gasteiger partial charge is 0.266 e. The first-order valence-electron chi connectivity index (χ1n) is 15.0. The predicted molar refractivity (Wildman–Crippen MR) is 172 cm³/mol. The van der Waals surface area contributed by atoms with Crippen molar-refractivity contribution in [3.05, 3.63) is 142 Å². The monoisotopic (exact) mass is 624 g/mol. The minimum atomic E-state index is -0.340. The van der Waals surface area contributed by atoms with Gasteiger partial charge in [-0.25, -0.2) is 9.80 Å². The van der Waals surface area contributed by atoms with Crippen molar-refractivity contribution in [1.29, 1.82) is 0 Å². The van der Waals surface area contributed by atoms with Gasteiger partial charge in [0.15, 0.2) is 24.8 Å². The van der Waals surface area contributed by atoms with Gasteiger partial charge in [-0.05, 0) is 48.2 Å². The van der Waals surface area contributed by atoms with E-state index in [1.807, 2.05) is 104 Å². The maximum atomic E-state index is 15.0. The number of hydrogen-bond acceptors (Lipinski definition) is 2. The Bertz CT molecular complexity index is 1610. The fourth-order valence-corrected chi connectivity index (χ4v) is 6.50.